The number of amides is 1. The van der Waals surface area contributed by atoms with Gasteiger partial charge < -0.3 is 4.74 Å². The zero-order chi connectivity index (χ0) is 15.9. The Kier molecular flexibility index (Phi) is 5.46. The van der Waals surface area contributed by atoms with Crippen LogP contribution in [0.3, 0.4) is 0 Å². The molecule has 2 aromatic heterocycles. The summed E-state index contributed by atoms with van der Waals surface area (Å²) in [6, 6.07) is 3.68. The average molecular weight is 330 g/mol. The van der Waals surface area contributed by atoms with Crippen LogP contribution in [0.2, 0.25) is 0 Å². The molecule has 1 fully saturated rings. The van der Waals surface area contributed by atoms with Gasteiger partial charge in [-0.15, -0.1) is 11.3 Å². The molecule has 1 saturated heterocycles. The quantitative estimate of drug-likeness (QED) is 0.850. The minimum Gasteiger partial charge on any atom is -0.379 e. The van der Waals surface area contributed by atoms with E-state index in [0.29, 0.717) is 5.13 Å². The fourth-order valence-corrected chi connectivity index (χ4v) is 2.92. The zero-order valence-electron chi connectivity index (χ0n) is 12.6. The molecule has 0 spiro atoms. The molecule has 1 N–H and O–H groups in total. The van der Waals surface area contributed by atoms with Gasteiger partial charge in [0.1, 0.15) is 0 Å². The van der Waals surface area contributed by atoms with Crippen molar-refractivity contribution in [1.29, 1.82) is 0 Å². The number of pyridine rings is 1. The molecule has 0 bridgehead atoms. The van der Waals surface area contributed by atoms with Crippen LogP contribution in [0.4, 0.5) is 5.13 Å². The minimum atomic E-state index is -0.186. The van der Waals surface area contributed by atoms with Crippen molar-refractivity contribution < 1.29 is 9.53 Å². The van der Waals surface area contributed by atoms with Crippen LogP contribution in [-0.2, 0) is 16.1 Å². The number of hydrogen-bond donors (Lipinski definition) is 1. The van der Waals surface area contributed by atoms with Crippen molar-refractivity contribution in [2.75, 3.05) is 31.6 Å². The molecule has 0 unspecified atom stereocenters. The molecule has 7 heteroatoms. The summed E-state index contributed by atoms with van der Waals surface area (Å²) in [5, 5.41) is 5.40. The molecule has 0 aliphatic carbocycles. The molecule has 23 heavy (non-hydrogen) atoms. The van der Waals surface area contributed by atoms with Crippen LogP contribution >= 0.6 is 11.3 Å². The number of thiazole rings is 1. The average Bonchev–Trinajstić information content (AvgIpc) is 3.02. The van der Waals surface area contributed by atoms with Gasteiger partial charge in [-0.05, 0) is 23.8 Å². The molecule has 1 aliphatic heterocycles. The third-order valence-corrected chi connectivity index (χ3v) is 4.21. The van der Waals surface area contributed by atoms with E-state index in [1.807, 2.05) is 17.5 Å². The van der Waals surface area contributed by atoms with E-state index in [1.54, 1.807) is 18.5 Å². The maximum absolute atomic E-state index is 11.9. The Labute approximate surface area is 138 Å². The minimum absolute atomic E-state index is 0.186. The molecule has 2 aromatic rings. The van der Waals surface area contributed by atoms with Crippen molar-refractivity contribution in [1.82, 2.24) is 14.9 Å². The van der Waals surface area contributed by atoms with Crippen molar-refractivity contribution in [3.63, 3.8) is 0 Å². The zero-order valence-corrected chi connectivity index (χ0v) is 13.5. The summed E-state index contributed by atoms with van der Waals surface area (Å²) >= 11 is 1.44. The number of rotatable bonds is 5. The highest BCUT2D eigenvalue weighted by Crippen LogP contribution is 2.17. The summed E-state index contributed by atoms with van der Waals surface area (Å²) in [4.78, 5) is 22.6. The molecular weight excluding hydrogens is 312 g/mol. The van der Waals surface area contributed by atoms with Gasteiger partial charge in [-0.2, -0.15) is 0 Å². The normalized spacial score (nSPS) is 15.8. The highest BCUT2D eigenvalue weighted by atomic mass is 32.1. The molecule has 3 heterocycles. The highest BCUT2D eigenvalue weighted by Gasteiger charge is 2.12. The topological polar surface area (TPSA) is 67.4 Å². The van der Waals surface area contributed by atoms with Gasteiger partial charge in [0.25, 0.3) is 0 Å². The number of carbonyl (C=O) groups excluding carboxylic acids is 1. The number of anilines is 1. The number of nitrogens with one attached hydrogen (secondary N) is 1. The molecule has 3 rings (SSSR count). The van der Waals surface area contributed by atoms with Crippen molar-refractivity contribution in [2.24, 2.45) is 0 Å². The Hall–Kier alpha value is -2.09. The largest absolute Gasteiger partial charge is 0.379 e. The standard InChI is InChI=1S/C16H18N4O2S/c21-15(2-1-13-3-5-17-6-4-13)19-16-18-14(12-23-16)11-20-7-9-22-10-8-20/h1-6,12H,7-11H2,(H,18,19,21)/b2-1+. The van der Waals surface area contributed by atoms with Gasteiger partial charge in [-0.25, -0.2) is 4.98 Å². The lowest BCUT2D eigenvalue weighted by atomic mass is 10.2. The van der Waals surface area contributed by atoms with Gasteiger partial charge >= 0.3 is 0 Å². The van der Waals surface area contributed by atoms with Gasteiger partial charge in [0.05, 0.1) is 18.9 Å². The van der Waals surface area contributed by atoms with E-state index in [9.17, 15) is 4.79 Å². The van der Waals surface area contributed by atoms with Gasteiger partial charge in [0.15, 0.2) is 5.13 Å². The monoisotopic (exact) mass is 330 g/mol. The number of ether oxygens (including phenoxy) is 1. The lowest BCUT2D eigenvalue weighted by molar-refractivity contribution is -0.111. The van der Waals surface area contributed by atoms with Crippen LogP contribution in [0.1, 0.15) is 11.3 Å². The van der Waals surface area contributed by atoms with Gasteiger partial charge in [-0.1, -0.05) is 0 Å². The number of nitrogens with zero attached hydrogens (tertiary/aromatic N) is 3. The van der Waals surface area contributed by atoms with E-state index < -0.39 is 0 Å². The Morgan fingerprint density at radius 1 is 1.35 bits per heavy atom. The number of aromatic nitrogens is 2. The first-order valence-electron chi connectivity index (χ1n) is 7.43. The predicted molar refractivity (Wildman–Crippen MR) is 90.1 cm³/mol. The maximum atomic E-state index is 11.9. The maximum Gasteiger partial charge on any atom is 0.250 e. The summed E-state index contributed by atoms with van der Waals surface area (Å²) in [7, 11) is 0. The third kappa shape index (κ3) is 4.95. The molecular formula is C16H18N4O2S. The lowest BCUT2D eigenvalue weighted by Crippen LogP contribution is -2.35. The van der Waals surface area contributed by atoms with Crippen LogP contribution in [0.25, 0.3) is 6.08 Å². The molecule has 120 valence electrons. The molecule has 0 radical (unpaired) electrons. The number of carbonyl (C=O) groups is 1. The number of hydrogen-bond acceptors (Lipinski definition) is 6. The first kappa shape index (κ1) is 15.8. The summed E-state index contributed by atoms with van der Waals surface area (Å²) in [5.41, 5.74) is 1.91. The van der Waals surface area contributed by atoms with Gasteiger partial charge in [-0.3, -0.25) is 20.0 Å². The van der Waals surface area contributed by atoms with Crippen molar-refractivity contribution in [2.45, 2.75) is 6.54 Å². The smallest absolute Gasteiger partial charge is 0.250 e. The van der Waals surface area contributed by atoms with E-state index in [0.717, 1.165) is 44.1 Å². The molecule has 1 amide bonds. The second-order valence-corrected chi connectivity index (χ2v) is 5.99. The Morgan fingerprint density at radius 2 is 2.13 bits per heavy atom. The van der Waals surface area contributed by atoms with Crippen LogP contribution < -0.4 is 5.32 Å². The summed E-state index contributed by atoms with van der Waals surface area (Å²) in [6.45, 7) is 4.19. The lowest BCUT2D eigenvalue weighted by Gasteiger charge is -2.25. The predicted octanol–water partition coefficient (Wildman–Crippen LogP) is 2.02. The Morgan fingerprint density at radius 3 is 2.91 bits per heavy atom. The molecule has 6 nitrogen and oxygen atoms in total. The summed E-state index contributed by atoms with van der Waals surface area (Å²) in [5.74, 6) is -0.186. The summed E-state index contributed by atoms with van der Waals surface area (Å²) < 4.78 is 5.33. The Bertz CT molecular complexity index is 666. The van der Waals surface area contributed by atoms with E-state index in [1.165, 1.54) is 17.4 Å². The van der Waals surface area contributed by atoms with E-state index in [4.69, 9.17) is 4.74 Å². The van der Waals surface area contributed by atoms with Crippen molar-refractivity contribution in [3.05, 3.63) is 47.2 Å². The summed E-state index contributed by atoms with van der Waals surface area (Å²) in [6.07, 6.45) is 6.63. The third-order valence-electron chi connectivity index (χ3n) is 3.40. The molecule has 1 aliphatic rings. The second-order valence-electron chi connectivity index (χ2n) is 5.14. The van der Waals surface area contributed by atoms with E-state index in [-0.39, 0.29) is 5.91 Å². The first-order chi connectivity index (χ1) is 11.3. The van der Waals surface area contributed by atoms with Crippen LogP contribution in [0, 0.1) is 0 Å². The van der Waals surface area contributed by atoms with Crippen LogP contribution in [0.15, 0.2) is 36.0 Å². The fourth-order valence-electron chi connectivity index (χ4n) is 2.22. The van der Waals surface area contributed by atoms with Crippen LogP contribution in [-0.4, -0.2) is 47.1 Å². The van der Waals surface area contributed by atoms with Crippen molar-refractivity contribution >= 4 is 28.5 Å². The fraction of sp³-hybridized carbons (Fsp3) is 0.312. The van der Waals surface area contributed by atoms with Crippen molar-refractivity contribution in [3.8, 4) is 0 Å². The van der Waals surface area contributed by atoms with Crippen LogP contribution in [0.5, 0.6) is 0 Å². The number of morpholine rings is 1. The first-order valence-corrected chi connectivity index (χ1v) is 8.31. The molecule has 0 aromatic carbocycles. The second kappa shape index (κ2) is 7.96. The van der Waals surface area contributed by atoms with E-state index >= 15 is 0 Å². The Balaban J connectivity index is 1.52. The molecule has 0 atom stereocenters. The highest BCUT2D eigenvalue weighted by molar-refractivity contribution is 7.13. The van der Waals surface area contributed by atoms with E-state index in [2.05, 4.69) is 20.2 Å². The van der Waals surface area contributed by atoms with Gasteiger partial charge in [0, 0.05) is 43.5 Å². The SMILES string of the molecule is O=C(/C=C/c1ccncc1)Nc1nc(CN2CCOCC2)cs1. The molecule has 0 saturated carbocycles. The van der Waals surface area contributed by atoms with Gasteiger partial charge in [0.2, 0.25) is 5.91 Å².